The summed E-state index contributed by atoms with van der Waals surface area (Å²) >= 11 is 1.96. The topological polar surface area (TPSA) is 25.8 Å². The maximum absolute atomic E-state index is 3.77. The molecule has 7 heavy (non-hydrogen) atoms. The van der Waals surface area contributed by atoms with Crippen LogP contribution in [0.5, 0.6) is 0 Å². The number of hydrogen-bond donors (Lipinski definition) is 0. The van der Waals surface area contributed by atoms with Crippen molar-refractivity contribution in [2.75, 3.05) is 0 Å². The summed E-state index contributed by atoms with van der Waals surface area (Å²) in [7, 11) is 0. The zero-order valence-corrected chi connectivity index (χ0v) is 4.13. The van der Waals surface area contributed by atoms with Gasteiger partial charge in [-0.25, -0.2) is 0 Å². The van der Waals surface area contributed by atoms with Crippen LogP contribution in [0.3, 0.4) is 0 Å². The van der Waals surface area contributed by atoms with Crippen molar-refractivity contribution in [3.63, 3.8) is 0 Å². The van der Waals surface area contributed by atoms with Gasteiger partial charge in [-0.05, 0) is 0 Å². The summed E-state index contributed by atoms with van der Waals surface area (Å²) in [4.78, 5) is 7.55. The summed E-state index contributed by atoms with van der Waals surface area (Å²) < 4.78 is 1.10. The van der Waals surface area contributed by atoms with E-state index in [2.05, 4.69) is 9.97 Å². The van der Waals surface area contributed by atoms with Crippen LogP contribution in [-0.4, -0.2) is 27.7 Å². The van der Waals surface area contributed by atoms with Gasteiger partial charge in [-0.2, -0.15) is 0 Å². The Kier molecular flexibility index (Phi) is 1.45. The van der Waals surface area contributed by atoms with Crippen molar-refractivity contribution in [3.8, 4) is 0 Å². The molecule has 1 heterocycles. The fourth-order valence-corrected chi connectivity index (χ4v) is 0.374. The molecule has 0 spiro atoms. The van der Waals surface area contributed by atoms with E-state index >= 15 is 0 Å². The van der Waals surface area contributed by atoms with E-state index in [4.69, 9.17) is 0 Å². The van der Waals surface area contributed by atoms with E-state index < -0.39 is 0 Å². The maximum atomic E-state index is 3.77. The van der Waals surface area contributed by atoms with Crippen LogP contribution in [-0.2, 0) is 0 Å². The van der Waals surface area contributed by atoms with Crippen molar-refractivity contribution in [2.45, 2.75) is 0 Å². The van der Waals surface area contributed by atoms with E-state index in [1.54, 1.807) is 12.4 Å². The van der Waals surface area contributed by atoms with E-state index in [1.165, 1.54) is 6.33 Å². The van der Waals surface area contributed by atoms with Gasteiger partial charge in [0.25, 0.3) is 0 Å². The predicted molar refractivity (Wildman–Crippen MR) is 27.4 cm³/mol. The van der Waals surface area contributed by atoms with Crippen molar-refractivity contribution < 1.29 is 0 Å². The Hall–Kier alpha value is -0.323. The van der Waals surface area contributed by atoms with Crippen LogP contribution in [0.15, 0.2) is 18.7 Å². The van der Waals surface area contributed by atoms with Crippen molar-refractivity contribution in [3.05, 3.63) is 18.7 Å². The normalized spacial score (nSPS) is 8.86. The van der Waals surface area contributed by atoms with Crippen LogP contribution in [0, 0.1) is 0 Å². The molecular formula is C4H3LiN2. The van der Waals surface area contributed by atoms with Gasteiger partial charge in [0.2, 0.25) is 0 Å². The molecule has 0 radical (unpaired) electrons. The second-order valence-electron chi connectivity index (χ2n) is 1.42. The number of aromatic nitrogens is 2. The molecule has 0 saturated heterocycles. The molecule has 0 bridgehead atoms. The molecule has 0 amide bonds. The SMILES string of the molecule is [Li][c]1cncnc1. The van der Waals surface area contributed by atoms with Crippen molar-refractivity contribution in [1.82, 2.24) is 9.97 Å². The molecule has 2 nitrogen and oxygen atoms in total. The van der Waals surface area contributed by atoms with E-state index in [1.807, 2.05) is 17.7 Å². The minimum absolute atomic E-state index is 1.10. The summed E-state index contributed by atoms with van der Waals surface area (Å²) in [6, 6.07) is 0. The zero-order chi connectivity index (χ0) is 5.11. The molecule has 0 aliphatic rings. The Morgan fingerprint density at radius 1 is 1.29 bits per heavy atom. The third-order valence-corrected chi connectivity index (χ3v) is 0.690. The number of hydrogen-bond acceptors (Lipinski definition) is 2. The van der Waals surface area contributed by atoms with Gasteiger partial charge in [0, 0.05) is 0 Å². The zero-order valence-electron chi connectivity index (χ0n) is 4.13. The molecule has 30 valence electrons. The van der Waals surface area contributed by atoms with E-state index in [-0.39, 0.29) is 0 Å². The van der Waals surface area contributed by atoms with Gasteiger partial charge < -0.3 is 0 Å². The molecule has 1 aromatic heterocycles. The van der Waals surface area contributed by atoms with Crippen molar-refractivity contribution >= 4 is 22.0 Å². The van der Waals surface area contributed by atoms with Gasteiger partial charge in [-0.15, -0.1) is 0 Å². The van der Waals surface area contributed by atoms with Crippen LogP contribution < -0.4 is 4.24 Å². The third kappa shape index (κ3) is 1.30. The van der Waals surface area contributed by atoms with Crippen LogP contribution in [0.1, 0.15) is 0 Å². The van der Waals surface area contributed by atoms with Crippen molar-refractivity contribution in [1.29, 1.82) is 0 Å². The van der Waals surface area contributed by atoms with E-state index in [0.29, 0.717) is 0 Å². The third-order valence-electron chi connectivity index (χ3n) is 0.690. The molecule has 0 fully saturated rings. The number of nitrogens with zero attached hydrogens (tertiary/aromatic N) is 2. The van der Waals surface area contributed by atoms with Gasteiger partial charge in [0.05, 0.1) is 0 Å². The average molecular weight is 86.0 g/mol. The summed E-state index contributed by atoms with van der Waals surface area (Å²) in [5, 5.41) is 0. The Bertz CT molecular complexity index is 140. The van der Waals surface area contributed by atoms with Crippen LogP contribution in [0.25, 0.3) is 0 Å². The first-order valence-corrected chi connectivity index (χ1v) is 2.11. The first kappa shape index (κ1) is 4.83. The molecule has 0 atom stereocenters. The molecule has 3 heteroatoms. The number of rotatable bonds is 0. The summed E-state index contributed by atoms with van der Waals surface area (Å²) in [6.07, 6.45) is 5.06. The van der Waals surface area contributed by atoms with Crippen molar-refractivity contribution in [2.24, 2.45) is 0 Å². The first-order valence-electron chi connectivity index (χ1n) is 2.11. The van der Waals surface area contributed by atoms with Crippen LogP contribution >= 0.6 is 0 Å². The summed E-state index contributed by atoms with van der Waals surface area (Å²) in [5.41, 5.74) is 0. The fraction of sp³-hybridized carbons (Fsp3) is 0. The monoisotopic (exact) mass is 86.0 g/mol. The van der Waals surface area contributed by atoms with Gasteiger partial charge >= 0.3 is 50.6 Å². The molecule has 0 aliphatic heterocycles. The first-order chi connectivity index (χ1) is 3.39. The summed E-state index contributed by atoms with van der Waals surface area (Å²) in [5.74, 6) is 0. The molecule has 0 N–H and O–H groups in total. The van der Waals surface area contributed by atoms with Gasteiger partial charge in [-0.1, -0.05) is 0 Å². The Labute approximate surface area is 51.2 Å². The molecule has 0 saturated carbocycles. The molecule has 0 aliphatic carbocycles. The Morgan fingerprint density at radius 2 is 1.86 bits per heavy atom. The molecule has 0 aromatic carbocycles. The Morgan fingerprint density at radius 3 is 2.14 bits per heavy atom. The summed E-state index contributed by atoms with van der Waals surface area (Å²) in [6.45, 7) is 0. The second kappa shape index (κ2) is 2.11. The fourth-order valence-electron chi connectivity index (χ4n) is 0.374. The average Bonchev–Trinajstić information content (AvgIpc) is 1.69. The van der Waals surface area contributed by atoms with Crippen LogP contribution in [0.2, 0.25) is 0 Å². The molecule has 0 unspecified atom stereocenters. The van der Waals surface area contributed by atoms with Gasteiger partial charge in [0.15, 0.2) is 0 Å². The van der Waals surface area contributed by atoms with Crippen LogP contribution in [0.4, 0.5) is 0 Å². The van der Waals surface area contributed by atoms with Gasteiger partial charge in [-0.3, -0.25) is 0 Å². The second-order valence-corrected chi connectivity index (χ2v) is 1.42. The van der Waals surface area contributed by atoms with E-state index in [9.17, 15) is 0 Å². The predicted octanol–water partition coefficient (Wildman–Crippen LogP) is -0.730. The molecule has 1 aromatic rings. The quantitative estimate of drug-likeness (QED) is 0.389. The van der Waals surface area contributed by atoms with E-state index in [0.717, 1.165) is 4.24 Å². The standard InChI is InChI=1S/C4H3N2.Li/c1-2-5-4-6-3-1;/h2-4H;. The molecule has 1 rings (SSSR count). The molecular weight excluding hydrogens is 83.0 g/mol. The minimum atomic E-state index is 1.10. The van der Waals surface area contributed by atoms with Gasteiger partial charge in [0.1, 0.15) is 0 Å². The Balaban J connectivity index is 3.02.